The average Bonchev–Trinajstić information content (AvgIpc) is 2.73. The Morgan fingerprint density at radius 2 is 1.81 bits per heavy atom. The Balaban J connectivity index is 1.72. The van der Waals surface area contributed by atoms with Crippen LogP contribution in [-0.4, -0.2) is 41.4 Å². The van der Waals surface area contributed by atoms with Crippen LogP contribution >= 0.6 is 11.6 Å². The molecule has 2 amide bonds. The molecule has 0 atom stereocenters. The van der Waals surface area contributed by atoms with Crippen LogP contribution in [0.4, 0.5) is 5.69 Å². The molecule has 0 aliphatic rings. The summed E-state index contributed by atoms with van der Waals surface area (Å²) in [5, 5.41) is 4.07. The summed E-state index contributed by atoms with van der Waals surface area (Å²) >= 11 is 6.30. The molecule has 0 fully saturated rings. The van der Waals surface area contributed by atoms with Gasteiger partial charge in [-0.05, 0) is 63.6 Å². The molecule has 162 valence electrons. The number of hydrogen-bond donors (Lipinski definition) is 1. The number of anilines is 1. The second-order valence-corrected chi connectivity index (χ2v) is 7.68. The quantitative estimate of drug-likeness (QED) is 0.562. The van der Waals surface area contributed by atoms with Crippen LogP contribution in [0.1, 0.15) is 35.5 Å². The van der Waals surface area contributed by atoms with Gasteiger partial charge in [0.15, 0.2) is 6.61 Å². The molecule has 0 bridgehead atoms. The number of benzene rings is 2. The molecule has 0 aliphatic heterocycles. The van der Waals surface area contributed by atoms with Gasteiger partial charge in [-0.15, -0.1) is 0 Å². The fraction of sp³-hybridized carbons (Fsp3) is 0.292. The minimum Gasteiger partial charge on any atom is -0.482 e. The number of amides is 2. The minimum absolute atomic E-state index is 0.0888. The molecule has 0 spiro atoms. The monoisotopic (exact) mass is 439 g/mol. The van der Waals surface area contributed by atoms with E-state index in [0.29, 0.717) is 40.8 Å². The highest BCUT2D eigenvalue weighted by Crippen LogP contribution is 2.28. The van der Waals surface area contributed by atoms with Gasteiger partial charge < -0.3 is 15.0 Å². The summed E-state index contributed by atoms with van der Waals surface area (Å²) in [5.74, 6) is 0.0148. The first kappa shape index (κ1) is 22.6. The number of hydrogen-bond acceptors (Lipinski definition) is 4. The lowest BCUT2D eigenvalue weighted by Gasteiger charge is -2.19. The highest BCUT2D eigenvalue weighted by atomic mass is 35.5. The van der Waals surface area contributed by atoms with Crippen molar-refractivity contribution < 1.29 is 14.3 Å². The van der Waals surface area contributed by atoms with Gasteiger partial charge in [-0.3, -0.25) is 14.6 Å². The molecule has 1 aromatic heterocycles. The Morgan fingerprint density at radius 3 is 2.48 bits per heavy atom. The lowest BCUT2D eigenvalue weighted by Crippen LogP contribution is -2.34. The number of likely N-dealkylation sites (N-methyl/N-ethyl adjacent to an activating group) is 1. The van der Waals surface area contributed by atoms with E-state index in [-0.39, 0.29) is 18.4 Å². The summed E-state index contributed by atoms with van der Waals surface area (Å²) in [4.78, 5) is 31.2. The maximum atomic E-state index is 12.8. The first-order valence-electron chi connectivity index (χ1n) is 10.2. The zero-order valence-corrected chi connectivity index (χ0v) is 18.9. The molecule has 7 heteroatoms. The summed E-state index contributed by atoms with van der Waals surface area (Å²) in [6.45, 7) is 8.81. The molecule has 1 N–H and O–H groups in total. The van der Waals surface area contributed by atoms with Crippen LogP contribution in [0, 0.1) is 13.8 Å². The Hall–Kier alpha value is -3.12. The fourth-order valence-corrected chi connectivity index (χ4v) is 3.54. The molecule has 3 aromatic rings. The number of ether oxygens (including phenoxy) is 1. The zero-order valence-electron chi connectivity index (χ0n) is 18.2. The van der Waals surface area contributed by atoms with Gasteiger partial charge in [0, 0.05) is 24.2 Å². The molecule has 0 aliphatic carbocycles. The molecule has 0 saturated heterocycles. The van der Waals surface area contributed by atoms with Crippen LogP contribution in [0.15, 0.2) is 42.5 Å². The van der Waals surface area contributed by atoms with Gasteiger partial charge in [0.1, 0.15) is 5.75 Å². The lowest BCUT2D eigenvalue weighted by molar-refractivity contribution is -0.132. The van der Waals surface area contributed by atoms with Crippen LogP contribution in [0.25, 0.3) is 10.9 Å². The Bertz CT molecular complexity index is 1130. The van der Waals surface area contributed by atoms with Crippen LogP contribution in [-0.2, 0) is 4.79 Å². The number of rotatable bonds is 7. The number of halogens is 1. The third kappa shape index (κ3) is 5.33. The number of nitrogens with zero attached hydrogens (tertiary/aromatic N) is 2. The molecule has 2 aromatic carbocycles. The van der Waals surface area contributed by atoms with Crippen LogP contribution in [0.2, 0.25) is 5.02 Å². The van der Waals surface area contributed by atoms with Crippen molar-refractivity contribution in [3.05, 3.63) is 64.3 Å². The van der Waals surface area contributed by atoms with E-state index < -0.39 is 0 Å². The van der Waals surface area contributed by atoms with Crippen LogP contribution < -0.4 is 10.1 Å². The number of carbonyl (C=O) groups is 2. The summed E-state index contributed by atoms with van der Waals surface area (Å²) in [6, 6.07) is 12.7. The minimum atomic E-state index is -0.270. The smallest absolute Gasteiger partial charge is 0.260 e. The predicted molar refractivity (Wildman–Crippen MR) is 124 cm³/mol. The largest absolute Gasteiger partial charge is 0.482 e. The molecule has 31 heavy (non-hydrogen) atoms. The standard InChI is InChI=1S/C24H26ClN3O3/c1-5-28(6-2)23(29)14-31-22-10-9-18(13-20(22)25)27-24(30)19-12-17-8-7-15(3)11-21(17)26-16(19)4/h7-13H,5-6,14H2,1-4H3,(H,27,30). The van der Waals surface area contributed by atoms with Crippen molar-refractivity contribution in [3.63, 3.8) is 0 Å². The highest BCUT2D eigenvalue weighted by Gasteiger charge is 2.15. The second-order valence-electron chi connectivity index (χ2n) is 7.27. The third-order valence-electron chi connectivity index (χ3n) is 5.07. The van der Waals surface area contributed by atoms with Crippen molar-refractivity contribution in [1.82, 2.24) is 9.88 Å². The third-order valence-corrected chi connectivity index (χ3v) is 5.36. The first-order valence-corrected chi connectivity index (χ1v) is 10.6. The first-order chi connectivity index (χ1) is 14.8. The van der Waals surface area contributed by atoms with E-state index in [4.69, 9.17) is 16.3 Å². The summed E-state index contributed by atoms with van der Waals surface area (Å²) in [5.41, 5.74) is 3.65. The van der Waals surface area contributed by atoms with Gasteiger partial charge in [-0.25, -0.2) is 0 Å². The van der Waals surface area contributed by atoms with E-state index >= 15 is 0 Å². The van der Waals surface area contributed by atoms with E-state index in [9.17, 15) is 9.59 Å². The molecule has 1 heterocycles. The molecule has 0 saturated carbocycles. The molecule has 3 rings (SSSR count). The number of aromatic nitrogens is 1. The van der Waals surface area contributed by atoms with Crippen molar-refractivity contribution in [1.29, 1.82) is 0 Å². The number of aryl methyl sites for hydroxylation is 2. The van der Waals surface area contributed by atoms with Gasteiger partial charge in [0.05, 0.1) is 21.8 Å². The van der Waals surface area contributed by atoms with Crippen LogP contribution in [0.3, 0.4) is 0 Å². The summed E-state index contributed by atoms with van der Waals surface area (Å²) in [7, 11) is 0. The summed E-state index contributed by atoms with van der Waals surface area (Å²) in [6.07, 6.45) is 0. The van der Waals surface area contributed by atoms with Crippen molar-refractivity contribution in [2.45, 2.75) is 27.7 Å². The van der Waals surface area contributed by atoms with Gasteiger partial charge in [0.25, 0.3) is 11.8 Å². The average molecular weight is 440 g/mol. The fourth-order valence-electron chi connectivity index (χ4n) is 3.30. The molecular weight excluding hydrogens is 414 g/mol. The van der Waals surface area contributed by atoms with Gasteiger partial charge in [-0.1, -0.05) is 23.7 Å². The van der Waals surface area contributed by atoms with Crippen molar-refractivity contribution in [3.8, 4) is 5.75 Å². The van der Waals surface area contributed by atoms with Gasteiger partial charge in [-0.2, -0.15) is 0 Å². The topological polar surface area (TPSA) is 71.5 Å². The van der Waals surface area contributed by atoms with Crippen LogP contribution in [0.5, 0.6) is 5.75 Å². The van der Waals surface area contributed by atoms with Gasteiger partial charge in [0.2, 0.25) is 0 Å². The van der Waals surface area contributed by atoms with E-state index in [1.165, 1.54) is 0 Å². The second kappa shape index (κ2) is 9.79. The Morgan fingerprint density at radius 1 is 1.06 bits per heavy atom. The summed E-state index contributed by atoms with van der Waals surface area (Å²) < 4.78 is 5.56. The van der Waals surface area contributed by atoms with Gasteiger partial charge >= 0.3 is 0 Å². The number of nitrogens with one attached hydrogen (secondary N) is 1. The maximum absolute atomic E-state index is 12.8. The predicted octanol–water partition coefficient (Wildman–Crippen LogP) is 5.00. The van der Waals surface area contributed by atoms with Crippen molar-refractivity contribution >= 4 is 40.0 Å². The number of pyridine rings is 1. The maximum Gasteiger partial charge on any atom is 0.260 e. The number of fused-ring (bicyclic) bond motifs is 1. The van der Waals surface area contributed by atoms with Crippen molar-refractivity contribution in [2.75, 3.05) is 25.0 Å². The van der Waals surface area contributed by atoms with E-state index in [1.54, 1.807) is 23.1 Å². The molecule has 0 radical (unpaired) electrons. The Kier molecular flexibility index (Phi) is 7.13. The SMILES string of the molecule is CCN(CC)C(=O)COc1ccc(NC(=O)c2cc3ccc(C)cc3nc2C)cc1Cl. The van der Waals surface area contributed by atoms with Crippen molar-refractivity contribution in [2.24, 2.45) is 0 Å². The van der Waals surface area contributed by atoms with E-state index in [2.05, 4.69) is 10.3 Å². The van der Waals surface area contributed by atoms with E-state index in [0.717, 1.165) is 16.5 Å². The highest BCUT2D eigenvalue weighted by molar-refractivity contribution is 6.32. The van der Waals surface area contributed by atoms with E-state index in [1.807, 2.05) is 52.0 Å². The Labute approximate surface area is 187 Å². The molecule has 0 unspecified atom stereocenters. The molecular formula is C24H26ClN3O3. The molecule has 6 nitrogen and oxygen atoms in total. The lowest BCUT2D eigenvalue weighted by atomic mass is 10.1. The zero-order chi connectivity index (χ0) is 22.5. The normalized spacial score (nSPS) is 10.7. The number of carbonyl (C=O) groups excluding carboxylic acids is 2.